The molecule has 1 atom stereocenters. The van der Waals surface area contributed by atoms with Gasteiger partial charge in [-0.2, -0.15) is 0 Å². The predicted molar refractivity (Wildman–Crippen MR) is 124 cm³/mol. The SMILES string of the molecule is COC(=O)c1cc(OC)ncc1NC(=O)c1c(OC)ccnc1N[C@@H]1CCCN(C2COC2)C1. The molecule has 4 rings (SSSR count). The van der Waals surface area contributed by atoms with Crippen molar-refractivity contribution in [3.05, 3.63) is 35.7 Å². The Kier molecular flexibility index (Phi) is 7.43. The number of pyridine rings is 2. The van der Waals surface area contributed by atoms with Crippen molar-refractivity contribution in [2.45, 2.75) is 24.9 Å². The lowest BCUT2D eigenvalue weighted by molar-refractivity contribution is -0.0710. The molecular formula is C23H29N5O6. The van der Waals surface area contributed by atoms with Crippen LogP contribution in [0.1, 0.15) is 33.6 Å². The number of carbonyl (C=O) groups excluding carboxylic acids is 2. The molecule has 0 spiro atoms. The lowest BCUT2D eigenvalue weighted by Crippen LogP contribution is -2.54. The van der Waals surface area contributed by atoms with E-state index in [2.05, 4.69) is 25.5 Å². The maximum Gasteiger partial charge on any atom is 0.340 e. The fraction of sp³-hybridized carbons (Fsp3) is 0.478. The van der Waals surface area contributed by atoms with Crippen LogP contribution < -0.4 is 20.1 Å². The van der Waals surface area contributed by atoms with Crippen LogP contribution in [0.25, 0.3) is 0 Å². The van der Waals surface area contributed by atoms with Crippen molar-refractivity contribution in [3.8, 4) is 11.6 Å². The van der Waals surface area contributed by atoms with Crippen LogP contribution in [-0.4, -0.2) is 86.5 Å². The summed E-state index contributed by atoms with van der Waals surface area (Å²) in [4.78, 5) is 36.6. The highest BCUT2D eigenvalue weighted by Gasteiger charge is 2.31. The molecule has 2 fully saturated rings. The molecule has 11 heteroatoms. The van der Waals surface area contributed by atoms with Crippen molar-refractivity contribution in [1.29, 1.82) is 0 Å². The largest absolute Gasteiger partial charge is 0.496 e. The number of hydrogen-bond donors (Lipinski definition) is 2. The average Bonchev–Trinajstić information content (AvgIpc) is 2.82. The van der Waals surface area contributed by atoms with Crippen molar-refractivity contribution in [2.24, 2.45) is 0 Å². The summed E-state index contributed by atoms with van der Waals surface area (Å²) in [6.45, 7) is 3.39. The molecular weight excluding hydrogens is 442 g/mol. The van der Waals surface area contributed by atoms with E-state index in [1.807, 2.05) is 0 Å². The van der Waals surface area contributed by atoms with Crippen molar-refractivity contribution in [2.75, 3.05) is 58.3 Å². The van der Waals surface area contributed by atoms with Gasteiger partial charge in [0.15, 0.2) is 0 Å². The molecule has 0 aliphatic carbocycles. The monoisotopic (exact) mass is 471 g/mol. The minimum absolute atomic E-state index is 0.116. The fourth-order valence-corrected chi connectivity index (χ4v) is 4.14. The normalized spacial score (nSPS) is 18.5. The smallest absolute Gasteiger partial charge is 0.340 e. The Morgan fingerprint density at radius 2 is 2.00 bits per heavy atom. The zero-order chi connectivity index (χ0) is 24.1. The summed E-state index contributed by atoms with van der Waals surface area (Å²) in [6, 6.07) is 3.59. The molecule has 2 aliphatic heterocycles. The summed E-state index contributed by atoms with van der Waals surface area (Å²) in [5, 5.41) is 6.18. The van der Waals surface area contributed by atoms with Gasteiger partial charge in [0.25, 0.3) is 5.91 Å². The van der Waals surface area contributed by atoms with E-state index >= 15 is 0 Å². The molecule has 0 unspecified atom stereocenters. The van der Waals surface area contributed by atoms with Crippen LogP contribution in [0.2, 0.25) is 0 Å². The number of rotatable bonds is 8. The van der Waals surface area contributed by atoms with Crippen molar-refractivity contribution in [3.63, 3.8) is 0 Å². The Morgan fingerprint density at radius 1 is 1.18 bits per heavy atom. The average molecular weight is 472 g/mol. The van der Waals surface area contributed by atoms with E-state index in [4.69, 9.17) is 18.9 Å². The predicted octanol–water partition coefficient (Wildman–Crippen LogP) is 1.81. The molecule has 182 valence electrons. The van der Waals surface area contributed by atoms with Gasteiger partial charge in [0, 0.05) is 24.8 Å². The third-order valence-corrected chi connectivity index (χ3v) is 6.03. The van der Waals surface area contributed by atoms with Gasteiger partial charge in [0.2, 0.25) is 5.88 Å². The summed E-state index contributed by atoms with van der Waals surface area (Å²) in [6.07, 6.45) is 4.93. The third-order valence-electron chi connectivity index (χ3n) is 6.03. The molecule has 4 heterocycles. The Balaban J connectivity index is 1.58. The van der Waals surface area contributed by atoms with Gasteiger partial charge in [-0.1, -0.05) is 0 Å². The second-order valence-corrected chi connectivity index (χ2v) is 8.12. The molecule has 34 heavy (non-hydrogen) atoms. The standard InChI is InChI=1S/C23H29N5O6/c1-31-18-6-7-24-21(26-14-5-4-8-28(11-14)15-12-34-13-15)20(18)22(29)27-17-10-25-19(32-2)9-16(17)23(30)33-3/h6-7,9-10,14-15H,4-5,8,11-13H2,1-3H3,(H,24,26)(H,27,29)/t14-/m1/s1. The number of carbonyl (C=O) groups is 2. The first-order chi connectivity index (χ1) is 16.5. The van der Waals surface area contributed by atoms with Crippen LogP contribution in [-0.2, 0) is 9.47 Å². The van der Waals surface area contributed by atoms with E-state index < -0.39 is 11.9 Å². The molecule has 1 amide bonds. The second-order valence-electron chi connectivity index (χ2n) is 8.12. The number of amides is 1. The highest BCUT2D eigenvalue weighted by atomic mass is 16.5. The number of esters is 1. The molecule has 0 aromatic carbocycles. The van der Waals surface area contributed by atoms with Gasteiger partial charge in [0.05, 0.1) is 58.0 Å². The van der Waals surface area contributed by atoms with Crippen LogP contribution in [0.4, 0.5) is 11.5 Å². The lowest BCUT2D eigenvalue weighted by Gasteiger charge is -2.42. The highest BCUT2D eigenvalue weighted by Crippen LogP contribution is 2.29. The Morgan fingerprint density at radius 3 is 2.68 bits per heavy atom. The number of aromatic nitrogens is 2. The number of ether oxygens (including phenoxy) is 4. The highest BCUT2D eigenvalue weighted by molar-refractivity contribution is 6.11. The first-order valence-electron chi connectivity index (χ1n) is 11.1. The maximum atomic E-state index is 13.4. The molecule has 2 N–H and O–H groups in total. The van der Waals surface area contributed by atoms with E-state index in [0.29, 0.717) is 17.6 Å². The minimum atomic E-state index is -0.630. The summed E-state index contributed by atoms with van der Waals surface area (Å²) in [5.74, 6) is -0.136. The van der Waals surface area contributed by atoms with E-state index in [1.54, 1.807) is 12.3 Å². The number of nitrogens with one attached hydrogen (secondary N) is 2. The van der Waals surface area contributed by atoms with E-state index in [-0.39, 0.29) is 28.7 Å². The van der Waals surface area contributed by atoms with Gasteiger partial charge in [-0.05, 0) is 25.5 Å². The van der Waals surface area contributed by atoms with Gasteiger partial charge >= 0.3 is 5.97 Å². The Bertz CT molecular complexity index is 1040. The van der Waals surface area contributed by atoms with Gasteiger partial charge in [-0.3, -0.25) is 9.69 Å². The number of nitrogens with zero attached hydrogens (tertiary/aromatic N) is 3. The molecule has 2 aromatic heterocycles. The van der Waals surface area contributed by atoms with E-state index in [1.165, 1.54) is 33.6 Å². The maximum absolute atomic E-state index is 13.4. The minimum Gasteiger partial charge on any atom is -0.496 e. The van der Waals surface area contributed by atoms with E-state index in [0.717, 1.165) is 39.1 Å². The first kappa shape index (κ1) is 23.7. The number of methoxy groups -OCH3 is 3. The zero-order valence-corrected chi connectivity index (χ0v) is 19.5. The summed E-state index contributed by atoms with van der Waals surface area (Å²) in [5.41, 5.74) is 0.537. The number of likely N-dealkylation sites (tertiary alicyclic amines) is 1. The van der Waals surface area contributed by atoms with Crippen LogP contribution in [0.5, 0.6) is 11.6 Å². The van der Waals surface area contributed by atoms with Gasteiger partial charge in [0.1, 0.15) is 17.1 Å². The lowest BCUT2D eigenvalue weighted by atomic mass is 10.0. The van der Waals surface area contributed by atoms with Gasteiger partial charge < -0.3 is 29.6 Å². The van der Waals surface area contributed by atoms with E-state index in [9.17, 15) is 9.59 Å². The van der Waals surface area contributed by atoms with Crippen molar-refractivity contribution < 1.29 is 28.5 Å². The zero-order valence-electron chi connectivity index (χ0n) is 19.5. The van der Waals surface area contributed by atoms with Crippen LogP contribution in [0, 0.1) is 0 Å². The first-order valence-corrected chi connectivity index (χ1v) is 11.1. The third kappa shape index (κ3) is 5.05. The molecule has 2 saturated heterocycles. The quantitative estimate of drug-likeness (QED) is 0.551. The Labute approximate surface area is 197 Å². The summed E-state index contributed by atoms with van der Waals surface area (Å²) < 4.78 is 20.7. The molecule has 0 bridgehead atoms. The number of piperidine rings is 1. The fourth-order valence-electron chi connectivity index (χ4n) is 4.14. The molecule has 0 radical (unpaired) electrons. The number of hydrogen-bond acceptors (Lipinski definition) is 10. The van der Waals surface area contributed by atoms with Crippen LogP contribution in [0.15, 0.2) is 24.5 Å². The molecule has 11 nitrogen and oxygen atoms in total. The second kappa shape index (κ2) is 10.7. The van der Waals surface area contributed by atoms with Crippen LogP contribution in [0.3, 0.4) is 0 Å². The molecule has 0 saturated carbocycles. The number of anilines is 2. The molecule has 2 aromatic rings. The van der Waals surface area contributed by atoms with Gasteiger partial charge in [-0.15, -0.1) is 0 Å². The van der Waals surface area contributed by atoms with Crippen molar-refractivity contribution in [1.82, 2.24) is 14.9 Å². The molecule has 2 aliphatic rings. The topological polar surface area (TPSA) is 124 Å². The van der Waals surface area contributed by atoms with Crippen molar-refractivity contribution >= 4 is 23.4 Å². The van der Waals surface area contributed by atoms with Crippen LogP contribution >= 0.6 is 0 Å². The Hall–Kier alpha value is -3.44. The van der Waals surface area contributed by atoms with Gasteiger partial charge in [-0.25, -0.2) is 14.8 Å². The summed E-state index contributed by atoms with van der Waals surface area (Å²) in [7, 11) is 4.18. The summed E-state index contributed by atoms with van der Waals surface area (Å²) >= 11 is 0.